The molecule has 1 aromatic carbocycles. The third kappa shape index (κ3) is 1.13. The molecule has 0 saturated heterocycles. The Labute approximate surface area is 75.6 Å². The molecule has 0 aliphatic heterocycles. The second-order valence-corrected chi connectivity index (χ2v) is 3.47. The van der Waals surface area contributed by atoms with Crippen molar-refractivity contribution in [2.24, 2.45) is 0 Å². The van der Waals surface area contributed by atoms with Crippen molar-refractivity contribution in [2.75, 3.05) is 0 Å². The minimum Gasteiger partial charge on any atom is -0.508 e. The molecule has 3 heteroatoms. The SMILES string of the molecule is Bc1c(B)c(O)c(C)c(C)c1C. The number of benzene rings is 1. The van der Waals surface area contributed by atoms with E-state index in [1.807, 2.05) is 14.8 Å². The fourth-order valence-electron chi connectivity index (χ4n) is 1.48. The Morgan fingerprint density at radius 1 is 0.833 bits per heavy atom. The second kappa shape index (κ2) is 2.89. The number of aromatic hydroxyl groups is 1. The lowest BCUT2D eigenvalue weighted by molar-refractivity contribution is 0.475. The number of hydrogen-bond donors (Lipinski definition) is 1. The molecule has 0 amide bonds. The van der Waals surface area contributed by atoms with Crippen LogP contribution in [0.3, 0.4) is 0 Å². The molecule has 0 bridgehead atoms. The van der Waals surface area contributed by atoms with Crippen LogP contribution >= 0.6 is 0 Å². The minimum absolute atomic E-state index is 0.454. The van der Waals surface area contributed by atoms with Gasteiger partial charge < -0.3 is 5.11 Å². The lowest BCUT2D eigenvalue weighted by atomic mass is 9.74. The molecule has 1 nitrogen and oxygen atoms in total. The van der Waals surface area contributed by atoms with Gasteiger partial charge in [0.15, 0.2) is 0 Å². The van der Waals surface area contributed by atoms with Crippen LogP contribution in [0.4, 0.5) is 0 Å². The molecule has 0 aliphatic rings. The van der Waals surface area contributed by atoms with Crippen LogP contribution in [0.1, 0.15) is 16.7 Å². The summed E-state index contributed by atoms with van der Waals surface area (Å²) < 4.78 is 0. The summed E-state index contributed by atoms with van der Waals surface area (Å²) in [6.45, 7) is 6.12. The topological polar surface area (TPSA) is 20.2 Å². The fourth-order valence-corrected chi connectivity index (χ4v) is 1.48. The van der Waals surface area contributed by atoms with Gasteiger partial charge in [-0.1, -0.05) is 16.5 Å². The van der Waals surface area contributed by atoms with Gasteiger partial charge >= 0.3 is 0 Å². The van der Waals surface area contributed by atoms with Crippen molar-refractivity contribution in [3.8, 4) is 5.75 Å². The van der Waals surface area contributed by atoms with Crippen molar-refractivity contribution >= 4 is 26.6 Å². The summed E-state index contributed by atoms with van der Waals surface area (Å²) in [4.78, 5) is 0. The summed E-state index contributed by atoms with van der Waals surface area (Å²) >= 11 is 0. The molecule has 0 unspecified atom stereocenters. The first-order valence-corrected chi connectivity index (χ1v) is 4.22. The molecule has 0 aromatic heterocycles. The van der Waals surface area contributed by atoms with Crippen LogP contribution in [0.25, 0.3) is 0 Å². The van der Waals surface area contributed by atoms with Crippen LogP contribution < -0.4 is 10.9 Å². The Bertz CT molecular complexity index is 227. The Balaban J connectivity index is 3.60. The van der Waals surface area contributed by atoms with Gasteiger partial charge in [0, 0.05) is 0 Å². The average Bonchev–Trinajstić information content (AvgIpc) is 2.08. The summed E-state index contributed by atoms with van der Waals surface area (Å²) in [5, 5.41) is 9.69. The van der Waals surface area contributed by atoms with Gasteiger partial charge in [0.2, 0.25) is 0 Å². The molecular weight excluding hydrogens is 146 g/mol. The van der Waals surface area contributed by atoms with E-state index in [0.29, 0.717) is 5.75 Å². The van der Waals surface area contributed by atoms with E-state index in [4.69, 9.17) is 0 Å². The standard InChI is InChI=1S/C9H14B2O/c1-4-5(2)7(10)8(11)9(12)6(4)3/h12H,10-11H2,1-3H3. The highest BCUT2D eigenvalue weighted by Gasteiger charge is 2.09. The molecule has 0 saturated carbocycles. The molecule has 0 spiro atoms. The molecule has 0 aliphatic carbocycles. The lowest BCUT2D eigenvalue weighted by Gasteiger charge is -2.14. The van der Waals surface area contributed by atoms with Crippen LogP contribution in [-0.2, 0) is 0 Å². The summed E-state index contributed by atoms with van der Waals surface area (Å²) in [6, 6.07) is 0. The van der Waals surface area contributed by atoms with Crippen molar-refractivity contribution < 1.29 is 5.11 Å². The monoisotopic (exact) mass is 160 g/mol. The highest BCUT2D eigenvalue weighted by atomic mass is 16.3. The Morgan fingerprint density at radius 2 is 1.33 bits per heavy atom. The lowest BCUT2D eigenvalue weighted by Crippen LogP contribution is -2.30. The first-order valence-electron chi connectivity index (χ1n) is 4.22. The highest BCUT2D eigenvalue weighted by Crippen LogP contribution is 2.17. The summed E-state index contributed by atoms with van der Waals surface area (Å²) in [6.07, 6.45) is 0. The third-order valence-electron chi connectivity index (χ3n) is 2.96. The number of phenolic OH excluding ortho intramolecular Hbond substituents is 1. The largest absolute Gasteiger partial charge is 0.508 e. The Hall–Kier alpha value is -0.850. The molecule has 12 heavy (non-hydrogen) atoms. The molecule has 1 aromatic rings. The van der Waals surface area contributed by atoms with Gasteiger partial charge in [-0.25, -0.2) is 0 Å². The Kier molecular flexibility index (Phi) is 2.22. The van der Waals surface area contributed by atoms with E-state index in [-0.39, 0.29) is 0 Å². The maximum absolute atomic E-state index is 9.69. The Morgan fingerprint density at radius 3 is 1.83 bits per heavy atom. The van der Waals surface area contributed by atoms with Crippen molar-refractivity contribution in [2.45, 2.75) is 20.8 Å². The zero-order chi connectivity index (χ0) is 9.46. The van der Waals surface area contributed by atoms with Gasteiger partial charge in [-0.2, -0.15) is 0 Å². The third-order valence-corrected chi connectivity index (χ3v) is 2.96. The van der Waals surface area contributed by atoms with Crippen molar-refractivity contribution in [3.63, 3.8) is 0 Å². The predicted molar refractivity (Wildman–Crippen MR) is 58.7 cm³/mol. The molecule has 0 fully saturated rings. The fraction of sp³-hybridized carbons (Fsp3) is 0.333. The van der Waals surface area contributed by atoms with Gasteiger partial charge in [0.05, 0.1) is 0 Å². The van der Waals surface area contributed by atoms with E-state index >= 15 is 0 Å². The van der Waals surface area contributed by atoms with Gasteiger partial charge in [0.25, 0.3) is 0 Å². The first-order chi connectivity index (χ1) is 5.46. The van der Waals surface area contributed by atoms with E-state index in [1.54, 1.807) is 0 Å². The smallest absolute Gasteiger partial charge is 0.143 e. The van der Waals surface area contributed by atoms with Gasteiger partial charge in [-0.05, 0) is 31.9 Å². The van der Waals surface area contributed by atoms with Crippen LogP contribution in [-0.4, -0.2) is 20.8 Å². The van der Waals surface area contributed by atoms with Gasteiger partial charge in [-0.15, -0.1) is 0 Å². The van der Waals surface area contributed by atoms with Crippen molar-refractivity contribution in [1.82, 2.24) is 0 Å². The summed E-state index contributed by atoms with van der Waals surface area (Å²) in [5.74, 6) is 0.454. The summed E-state index contributed by atoms with van der Waals surface area (Å²) in [7, 11) is 4.01. The van der Waals surface area contributed by atoms with Crippen LogP contribution in [0.2, 0.25) is 0 Å². The molecule has 1 N–H and O–H groups in total. The molecule has 0 heterocycles. The minimum atomic E-state index is 0.454. The van der Waals surface area contributed by atoms with E-state index in [0.717, 1.165) is 11.0 Å². The second-order valence-electron chi connectivity index (χ2n) is 3.47. The van der Waals surface area contributed by atoms with E-state index < -0.39 is 0 Å². The quantitative estimate of drug-likeness (QED) is 0.474. The van der Waals surface area contributed by atoms with E-state index in [2.05, 4.69) is 21.7 Å². The predicted octanol–water partition coefficient (Wildman–Crippen LogP) is -1.17. The molecule has 62 valence electrons. The molecule has 0 atom stereocenters. The maximum Gasteiger partial charge on any atom is 0.143 e. The zero-order valence-electron chi connectivity index (χ0n) is 8.45. The normalized spacial score (nSPS) is 10.2. The van der Waals surface area contributed by atoms with E-state index in [9.17, 15) is 5.11 Å². The summed E-state index contributed by atoms with van der Waals surface area (Å²) in [5.41, 5.74) is 5.72. The highest BCUT2D eigenvalue weighted by molar-refractivity contribution is 6.50. The van der Waals surface area contributed by atoms with Crippen molar-refractivity contribution in [1.29, 1.82) is 0 Å². The number of hydrogen-bond acceptors (Lipinski definition) is 1. The van der Waals surface area contributed by atoms with Crippen LogP contribution in [0.5, 0.6) is 5.75 Å². The maximum atomic E-state index is 9.69. The molecule has 1 rings (SSSR count). The van der Waals surface area contributed by atoms with Gasteiger partial charge in [0.1, 0.15) is 21.4 Å². The zero-order valence-corrected chi connectivity index (χ0v) is 8.45. The van der Waals surface area contributed by atoms with Crippen LogP contribution in [0, 0.1) is 20.8 Å². The molecular formula is C9H14B2O. The molecule has 0 radical (unpaired) electrons. The number of phenols is 1. The first kappa shape index (κ1) is 9.24. The van der Waals surface area contributed by atoms with Crippen molar-refractivity contribution in [3.05, 3.63) is 16.7 Å². The van der Waals surface area contributed by atoms with Crippen LogP contribution in [0.15, 0.2) is 0 Å². The van der Waals surface area contributed by atoms with E-state index in [1.165, 1.54) is 16.6 Å². The number of rotatable bonds is 0. The van der Waals surface area contributed by atoms with Gasteiger partial charge in [-0.3, -0.25) is 0 Å². The average molecular weight is 160 g/mol.